The van der Waals surface area contributed by atoms with Gasteiger partial charge in [0.2, 0.25) is 5.91 Å². The Kier molecular flexibility index (Phi) is 5.15. The number of benzene rings is 2. The first-order valence-electron chi connectivity index (χ1n) is 10.5. The van der Waals surface area contributed by atoms with Crippen molar-refractivity contribution >= 4 is 17.4 Å². The number of carbonyl (C=O) groups is 1. The summed E-state index contributed by atoms with van der Waals surface area (Å²) < 4.78 is 15.5. The number of nitrogens with zero attached hydrogens (tertiary/aromatic N) is 4. The zero-order valence-electron chi connectivity index (χ0n) is 17.6. The van der Waals surface area contributed by atoms with Gasteiger partial charge >= 0.3 is 0 Å². The molecule has 0 saturated heterocycles. The van der Waals surface area contributed by atoms with Gasteiger partial charge in [0, 0.05) is 36.5 Å². The Hall–Kier alpha value is -4.00. The lowest BCUT2D eigenvalue weighted by Gasteiger charge is -2.27. The molecule has 0 spiro atoms. The molecule has 1 N–H and O–H groups in total. The number of hydrogen-bond acceptors (Lipinski definition) is 4. The zero-order chi connectivity index (χ0) is 22.1. The second-order valence-electron chi connectivity index (χ2n) is 7.76. The van der Waals surface area contributed by atoms with Crippen LogP contribution in [-0.4, -0.2) is 32.1 Å². The van der Waals surface area contributed by atoms with Crippen LogP contribution in [0.25, 0.3) is 22.4 Å². The van der Waals surface area contributed by atoms with Crippen LogP contribution in [0.5, 0.6) is 0 Å². The molecule has 160 valence electrons. The summed E-state index contributed by atoms with van der Waals surface area (Å²) in [4.78, 5) is 18.3. The van der Waals surface area contributed by atoms with Crippen LogP contribution in [0.1, 0.15) is 12.6 Å². The van der Waals surface area contributed by atoms with E-state index < -0.39 is 0 Å². The summed E-state index contributed by atoms with van der Waals surface area (Å²) >= 11 is 0. The Bertz CT molecular complexity index is 1270. The average molecular weight is 427 g/mol. The molecular weight excluding hydrogens is 405 g/mol. The molecule has 5 rings (SSSR count). The van der Waals surface area contributed by atoms with Gasteiger partial charge in [-0.05, 0) is 54.1 Å². The number of carbonyl (C=O) groups excluding carboxylic acids is 1. The van der Waals surface area contributed by atoms with Gasteiger partial charge in [-0.3, -0.25) is 9.48 Å². The number of aromatic nitrogens is 3. The molecule has 0 radical (unpaired) electrons. The Balaban J connectivity index is 1.62. The number of fused-ring (bicyclic) bond motifs is 1. The molecule has 0 aliphatic carbocycles. The van der Waals surface area contributed by atoms with Gasteiger partial charge < -0.3 is 10.2 Å². The minimum Gasteiger partial charge on any atom is -0.340 e. The molecule has 0 unspecified atom stereocenters. The minimum atomic E-state index is -0.291. The molecular formula is C25H22FN5O. The number of para-hydroxylation sites is 1. The monoisotopic (exact) mass is 427 g/mol. The number of pyridine rings is 1. The van der Waals surface area contributed by atoms with Crippen LogP contribution in [-0.2, 0) is 17.9 Å². The van der Waals surface area contributed by atoms with Crippen molar-refractivity contribution in [2.45, 2.75) is 20.0 Å². The van der Waals surface area contributed by atoms with E-state index in [0.717, 1.165) is 33.8 Å². The van der Waals surface area contributed by atoms with Gasteiger partial charge in [-0.2, -0.15) is 5.10 Å². The second-order valence-corrected chi connectivity index (χ2v) is 7.76. The SMILES string of the molecule is CC(=O)N1CCn2nc(-c3ccc(F)cc3)c(-c3ccnc(Nc4ccccc4)c3)c2C1. The van der Waals surface area contributed by atoms with E-state index in [1.165, 1.54) is 12.1 Å². The van der Waals surface area contributed by atoms with Gasteiger partial charge in [-0.1, -0.05) is 18.2 Å². The van der Waals surface area contributed by atoms with E-state index in [1.54, 1.807) is 25.3 Å². The van der Waals surface area contributed by atoms with Gasteiger partial charge in [0.1, 0.15) is 17.3 Å². The van der Waals surface area contributed by atoms with Crippen molar-refractivity contribution in [3.8, 4) is 22.4 Å². The van der Waals surface area contributed by atoms with Crippen LogP contribution in [0.15, 0.2) is 72.9 Å². The number of rotatable bonds is 4. The Morgan fingerprint density at radius 1 is 1.00 bits per heavy atom. The van der Waals surface area contributed by atoms with Crippen molar-refractivity contribution in [2.24, 2.45) is 0 Å². The van der Waals surface area contributed by atoms with Crippen LogP contribution in [0, 0.1) is 5.82 Å². The highest BCUT2D eigenvalue weighted by Crippen LogP contribution is 2.37. The summed E-state index contributed by atoms with van der Waals surface area (Å²) in [6, 6.07) is 20.1. The number of amides is 1. The summed E-state index contributed by atoms with van der Waals surface area (Å²) in [5.41, 5.74) is 5.36. The molecule has 1 aliphatic heterocycles. The van der Waals surface area contributed by atoms with Gasteiger partial charge in [0.15, 0.2) is 0 Å². The van der Waals surface area contributed by atoms with Crippen molar-refractivity contribution in [3.63, 3.8) is 0 Å². The second kappa shape index (κ2) is 8.26. The molecule has 1 aliphatic rings. The van der Waals surface area contributed by atoms with E-state index in [2.05, 4.69) is 10.3 Å². The summed E-state index contributed by atoms with van der Waals surface area (Å²) in [7, 11) is 0. The maximum Gasteiger partial charge on any atom is 0.219 e. The summed E-state index contributed by atoms with van der Waals surface area (Å²) in [5.74, 6) is 0.450. The highest BCUT2D eigenvalue weighted by Gasteiger charge is 2.27. The van der Waals surface area contributed by atoms with Crippen LogP contribution in [0.2, 0.25) is 0 Å². The molecule has 2 aromatic carbocycles. The third-order valence-electron chi connectivity index (χ3n) is 5.64. The molecule has 2 aromatic heterocycles. The highest BCUT2D eigenvalue weighted by molar-refractivity contribution is 5.84. The Morgan fingerprint density at radius 2 is 1.78 bits per heavy atom. The largest absolute Gasteiger partial charge is 0.340 e. The lowest BCUT2D eigenvalue weighted by atomic mass is 9.98. The van der Waals surface area contributed by atoms with Crippen LogP contribution in [0.4, 0.5) is 15.9 Å². The summed E-state index contributed by atoms with van der Waals surface area (Å²) in [6.07, 6.45) is 1.75. The predicted octanol–water partition coefficient (Wildman–Crippen LogP) is 4.86. The van der Waals surface area contributed by atoms with E-state index in [9.17, 15) is 9.18 Å². The molecule has 0 fully saturated rings. The first-order valence-corrected chi connectivity index (χ1v) is 10.5. The summed E-state index contributed by atoms with van der Waals surface area (Å²) in [6.45, 7) is 3.29. The first-order chi connectivity index (χ1) is 15.6. The van der Waals surface area contributed by atoms with E-state index >= 15 is 0 Å². The maximum atomic E-state index is 13.6. The lowest BCUT2D eigenvalue weighted by Crippen LogP contribution is -2.37. The Morgan fingerprint density at radius 3 is 2.53 bits per heavy atom. The number of hydrogen-bond donors (Lipinski definition) is 1. The molecule has 0 atom stereocenters. The van der Waals surface area contributed by atoms with Gasteiger partial charge in [0.25, 0.3) is 0 Å². The van der Waals surface area contributed by atoms with Crippen LogP contribution in [0.3, 0.4) is 0 Å². The fourth-order valence-electron chi connectivity index (χ4n) is 4.02. The number of nitrogens with one attached hydrogen (secondary N) is 1. The smallest absolute Gasteiger partial charge is 0.219 e. The number of halogens is 1. The lowest BCUT2D eigenvalue weighted by molar-refractivity contribution is -0.130. The van der Waals surface area contributed by atoms with E-state index in [-0.39, 0.29) is 11.7 Å². The maximum absolute atomic E-state index is 13.6. The first kappa shape index (κ1) is 19.9. The fraction of sp³-hybridized carbons (Fsp3) is 0.160. The normalized spacial score (nSPS) is 13.0. The Labute approximate surface area is 185 Å². The van der Waals surface area contributed by atoms with Gasteiger partial charge in [-0.15, -0.1) is 0 Å². The predicted molar refractivity (Wildman–Crippen MR) is 122 cm³/mol. The van der Waals surface area contributed by atoms with Gasteiger partial charge in [0.05, 0.1) is 18.8 Å². The highest BCUT2D eigenvalue weighted by atomic mass is 19.1. The third kappa shape index (κ3) is 3.85. The third-order valence-corrected chi connectivity index (χ3v) is 5.64. The van der Waals surface area contributed by atoms with Crippen molar-refractivity contribution < 1.29 is 9.18 Å². The zero-order valence-corrected chi connectivity index (χ0v) is 17.6. The van der Waals surface area contributed by atoms with E-state index in [0.29, 0.717) is 25.5 Å². The molecule has 3 heterocycles. The standard InChI is InChI=1S/C25H22FN5O/c1-17(32)30-13-14-31-22(16-30)24(25(29-31)18-7-9-20(26)10-8-18)19-11-12-27-23(15-19)28-21-5-3-2-4-6-21/h2-12,15H,13-14,16H2,1H3,(H,27,28). The molecule has 1 amide bonds. The van der Waals surface area contributed by atoms with E-state index in [1.807, 2.05) is 52.0 Å². The summed E-state index contributed by atoms with van der Waals surface area (Å²) in [5, 5.41) is 8.18. The van der Waals surface area contributed by atoms with E-state index in [4.69, 9.17) is 5.10 Å². The number of anilines is 2. The quantitative estimate of drug-likeness (QED) is 0.505. The van der Waals surface area contributed by atoms with Crippen molar-refractivity contribution in [1.29, 1.82) is 0 Å². The van der Waals surface area contributed by atoms with Gasteiger partial charge in [-0.25, -0.2) is 9.37 Å². The van der Waals surface area contributed by atoms with Crippen LogP contribution >= 0.6 is 0 Å². The molecule has 32 heavy (non-hydrogen) atoms. The minimum absolute atomic E-state index is 0.0351. The molecule has 0 saturated carbocycles. The molecule has 6 nitrogen and oxygen atoms in total. The fourth-order valence-corrected chi connectivity index (χ4v) is 4.02. The van der Waals surface area contributed by atoms with Crippen LogP contribution < -0.4 is 5.32 Å². The van der Waals surface area contributed by atoms with Crippen molar-refractivity contribution in [2.75, 3.05) is 11.9 Å². The molecule has 0 bridgehead atoms. The van der Waals surface area contributed by atoms with Crippen molar-refractivity contribution in [1.82, 2.24) is 19.7 Å². The average Bonchev–Trinajstić information content (AvgIpc) is 3.19. The molecule has 7 heteroatoms. The topological polar surface area (TPSA) is 63.1 Å². The molecule has 4 aromatic rings. The van der Waals surface area contributed by atoms with Crippen molar-refractivity contribution in [3.05, 3.63) is 84.4 Å².